The molecular weight excluding hydrogens is 342 g/mol. The van der Waals surface area contributed by atoms with Crippen molar-refractivity contribution in [2.75, 3.05) is 32.8 Å². The lowest BCUT2D eigenvalue weighted by Crippen LogP contribution is -2.47. The molecule has 0 aromatic heterocycles. The molecule has 0 unspecified atom stereocenters. The largest absolute Gasteiger partial charge is 0.381 e. The molecule has 2 fully saturated rings. The lowest BCUT2D eigenvalue weighted by atomic mass is 9.96. The van der Waals surface area contributed by atoms with Gasteiger partial charge in [0.25, 0.3) is 0 Å². The number of hydrogen-bond acceptors (Lipinski definition) is 3. The Balaban J connectivity index is 1.20. The highest BCUT2D eigenvalue weighted by Crippen LogP contribution is 2.22. The smallest absolute Gasteiger partial charge is 0.317 e. The van der Waals surface area contributed by atoms with Crippen molar-refractivity contribution in [3.63, 3.8) is 0 Å². The Labute approximate surface area is 161 Å². The fraction of sp³-hybridized carbons (Fsp3) is 0.619. The molecule has 2 aliphatic rings. The SMILES string of the molecule is O=C(NC1CC1)C1CCN(C(=O)NCCCOCCc2ccccc2)CC1. The first-order chi connectivity index (χ1) is 13.2. The van der Waals surface area contributed by atoms with E-state index in [2.05, 4.69) is 22.8 Å². The number of carbonyl (C=O) groups excluding carboxylic acids is 2. The topological polar surface area (TPSA) is 70.7 Å². The van der Waals surface area contributed by atoms with E-state index in [0.717, 1.165) is 38.5 Å². The van der Waals surface area contributed by atoms with E-state index in [1.165, 1.54) is 5.56 Å². The standard InChI is InChI=1S/C21H31N3O3/c25-20(23-19-7-8-19)18-9-13-24(14-10-18)21(26)22-12-4-15-27-16-11-17-5-2-1-3-6-17/h1-3,5-6,18-19H,4,7-16H2,(H,22,26)(H,23,25). The molecule has 1 saturated carbocycles. The predicted octanol–water partition coefficient (Wildman–Crippen LogP) is 2.34. The number of likely N-dealkylation sites (tertiary alicyclic amines) is 1. The minimum Gasteiger partial charge on any atom is -0.381 e. The van der Waals surface area contributed by atoms with Crippen LogP contribution in [-0.2, 0) is 16.0 Å². The van der Waals surface area contributed by atoms with Crippen molar-refractivity contribution in [2.45, 2.75) is 44.6 Å². The van der Waals surface area contributed by atoms with Crippen LogP contribution >= 0.6 is 0 Å². The molecule has 6 heteroatoms. The maximum Gasteiger partial charge on any atom is 0.317 e. The quantitative estimate of drug-likeness (QED) is 0.653. The summed E-state index contributed by atoms with van der Waals surface area (Å²) < 4.78 is 5.63. The van der Waals surface area contributed by atoms with Gasteiger partial charge in [0.1, 0.15) is 0 Å². The third-order valence-corrected chi connectivity index (χ3v) is 5.20. The number of benzene rings is 1. The Bertz CT molecular complexity index is 596. The van der Waals surface area contributed by atoms with Crippen LogP contribution in [0.25, 0.3) is 0 Å². The van der Waals surface area contributed by atoms with Gasteiger partial charge < -0.3 is 20.3 Å². The molecule has 148 valence electrons. The fourth-order valence-electron chi connectivity index (χ4n) is 3.31. The van der Waals surface area contributed by atoms with Crippen LogP contribution in [-0.4, -0.2) is 55.7 Å². The average Bonchev–Trinajstić information content (AvgIpc) is 3.52. The molecule has 1 aliphatic carbocycles. The van der Waals surface area contributed by atoms with Crippen molar-refractivity contribution in [1.29, 1.82) is 0 Å². The van der Waals surface area contributed by atoms with Crippen molar-refractivity contribution in [2.24, 2.45) is 5.92 Å². The first kappa shape index (κ1) is 19.7. The van der Waals surface area contributed by atoms with Crippen molar-refractivity contribution >= 4 is 11.9 Å². The van der Waals surface area contributed by atoms with E-state index in [1.807, 2.05) is 23.1 Å². The summed E-state index contributed by atoms with van der Waals surface area (Å²) in [5.41, 5.74) is 1.28. The Morgan fingerprint density at radius 2 is 1.78 bits per heavy atom. The highest BCUT2D eigenvalue weighted by Gasteiger charge is 2.30. The molecule has 0 bridgehead atoms. The van der Waals surface area contributed by atoms with Crippen LogP contribution in [0.3, 0.4) is 0 Å². The maximum atomic E-state index is 12.2. The van der Waals surface area contributed by atoms with Crippen molar-refractivity contribution < 1.29 is 14.3 Å². The second-order valence-electron chi connectivity index (χ2n) is 7.48. The van der Waals surface area contributed by atoms with Crippen LogP contribution in [0.1, 0.15) is 37.7 Å². The third kappa shape index (κ3) is 6.86. The summed E-state index contributed by atoms with van der Waals surface area (Å²) in [5, 5.41) is 6.02. The second kappa shape index (κ2) is 10.3. The lowest BCUT2D eigenvalue weighted by Gasteiger charge is -2.31. The number of ether oxygens (including phenoxy) is 1. The number of carbonyl (C=O) groups is 2. The van der Waals surface area contributed by atoms with Crippen molar-refractivity contribution in [3.05, 3.63) is 35.9 Å². The highest BCUT2D eigenvalue weighted by atomic mass is 16.5. The summed E-state index contributed by atoms with van der Waals surface area (Å²) in [7, 11) is 0. The van der Waals surface area contributed by atoms with E-state index in [9.17, 15) is 9.59 Å². The molecule has 1 heterocycles. The number of urea groups is 1. The fourth-order valence-corrected chi connectivity index (χ4v) is 3.31. The van der Waals surface area contributed by atoms with Gasteiger partial charge in [0, 0.05) is 38.2 Å². The number of rotatable bonds is 9. The summed E-state index contributed by atoms with van der Waals surface area (Å²) in [6.45, 7) is 3.28. The molecule has 1 saturated heterocycles. The summed E-state index contributed by atoms with van der Waals surface area (Å²) in [6.07, 6.45) is 5.46. The van der Waals surface area contributed by atoms with E-state index >= 15 is 0 Å². The molecular formula is C21H31N3O3. The van der Waals surface area contributed by atoms with Crippen LogP contribution in [0.15, 0.2) is 30.3 Å². The molecule has 27 heavy (non-hydrogen) atoms. The van der Waals surface area contributed by atoms with E-state index in [-0.39, 0.29) is 17.9 Å². The number of piperidine rings is 1. The highest BCUT2D eigenvalue weighted by molar-refractivity contribution is 5.80. The van der Waals surface area contributed by atoms with Gasteiger partial charge in [0.15, 0.2) is 0 Å². The Morgan fingerprint density at radius 3 is 2.48 bits per heavy atom. The molecule has 1 aliphatic heterocycles. The van der Waals surface area contributed by atoms with Crippen molar-refractivity contribution in [3.8, 4) is 0 Å². The molecule has 0 radical (unpaired) electrons. The predicted molar refractivity (Wildman–Crippen MR) is 104 cm³/mol. The van der Waals surface area contributed by atoms with Crippen LogP contribution in [0.4, 0.5) is 4.79 Å². The van der Waals surface area contributed by atoms with Gasteiger partial charge in [0.05, 0.1) is 6.61 Å². The van der Waals surface area contributed by atoms with Crippen LogP contribution in [0, 0.1) is 5.92 Å². The maximum absolute atomic E-state index is 12.2. The van der Waals surface area contributed by atoms with Crippen LogP contribution in [0.5, 0.6) is 0 Å². The molecule has 1 aromatic carbocycles. The number of amides is 3. The Kier molecular flexibility index (Phi) is 7.51. The van der Waals surface area contributed by atoms with Gasteiger partial charge >= 0.3 is 6.03 Å². The Hall–Kier alpha value is -2.08. The van der Waals surface area contributed by atoms with Gasteiger partial charge in [-0.3, -0.25) is 4.79 Å². The van der Waals surface area contributed by atoms with E-state index in [4.69, 9.17) is 4.74 Å². The number of nitrogens with zero attached hydrogens (tertiary/aromatic N) is 1. The van der Waals surface area contributed by atoms with Gasteiger partial charge in [-0.25, -0.2) is 4.79 Å². The summed E-state index contributed by atoms with van der Waals surface area (Å²) in [6, 6.07) is 10.7. The number of nitrogens with one attached hydrogen (secondary N) is 2. The minimum absolute atomic E-state index is 0.0275. The van der Waals surface area contributed by atoms with Crippen LogP contribution in [0.2, 0.25) is 0 Å². The normalized spacial score (nSPS) is 17.6. The zero-order valence-corrected chi connectivity index (χ0v) is 16.0. The monoisotopic (exact) mass is 373 g/mol. The first-order valence-corrected chi connectivity index (χ1v) is 10.2. The van der Waals surface area contributed by atoms with E-state index in [0.29, 0.717) is 38.9 Å². The molecule has 1 aromatic rings. The number of hydrogen-bond donors (Lipinski definition) is 2. The van der Waals surface area contributed by atoms with Gasteiger partial charge in [-0.2, -0.15) is 0 Å². The van der Waals surface area contributed by atoms with Gasteiger partial charge in [0.2, 0.25) is 5.91 Å². The minimum atomic E-state index is -0.0275. The summed E-state index contributed by atoms with van der Waals surface area (Å²) in [4.78, 5) is 26.1. The second-order valence-corrected chi connectivity index (χ2v) is 7.48. The Morgan fingerprint density at radius 1 is 1.04 bits per heavy atom. The first-order valence-electron chi connectivity index (χ1n) is 10.2. The van der Waals surface area contributed by atoms with Crippen molar-refractivity contribution in [1.82, 2.24) is 15.5 Å². The molecule has 0 atom stereocenters. The van der Waals surface area contributed by atoms with Gasteiger partial charge in [-0.05, 0) is 44.1 Å². The molecule has 0 spiro atoms. The molecule has 6 nitrogen and oxygen atoms in total. The third-order valence-electron chi connectivity index (χ3n) is 5.20. The van der Waals surface area contributed by atoms with E-state index in [1.54, 1.807) is 0 Å². The zero-order valence-electron chi connectivity index (χ0n) is 16.0. The molecule has 3 amide bonds. The summed E-state index contributed by atoms with van der Waals surface area (Å²) in [5.74, 6) is 0.234. The van der Waals surface area contributed by atoms with Gasteiger partial charge in [-0.15, -0.1) is 0 Å². The average molecular weight is 373 g/mol. The summed E-state index contributed by atoms with van der Waals surface area (Å²) >= 11 is 0. The molecule has 2 N–H and O–H groups in total. The van der Waals surface area contributed by atoms with Crippen LogP contribution < -0.4 is 10.6 Å². The molecule has 3 rings (SSSR count). The zero-order chi connectivity index (χ0) is 18.9. The lowest BCUT2D eigenvalue weighted by molar-refractivity contribution is -0.126. The van der Waals surface area contributed by atoms with Gasteiger partial charge in [-0.1, -0.05) is 30.3 Å². The van der Waals surface area contributed by atoms with E-state index < -0.39 is 0 Å².